The molecule has 0 bridgehead atoms. The quantitative estimate of drug-likeness (QED) is 0.796. The standard InChI is InChI=1S/C16H15NO2/c18-11-15-5-1-13(2-6-15)9-17-10-14-3-7-16(12-19)8-4-14/h1-8,11-12,17H,9-10H2/p+1. The molecule has 0 spiro atoms. The highest BCUT2D eigenvalue weighted by molar-refractivity contribution is 5.75. The molecule has 0 amide bonds. The molecule has 2 rings (SSSR count). The minimum absolute atomic E-state index is 0.702. The molecule has 0 aliphatic rings. The van der Waals surface area contributed by atoms with Crippen molar-refractivity contribution in [2.75, 3.05) is 0 Å². The number of benzene rings is 2. The molecule has 3 nitrogen and oxygen atoms in total. The minimum Gasteiger partial charge on any atom is -0.339 e. The van der Waals surface area contributed by atoms with Crippen LogP contribution in [0.3, 0.4) is 0 Å². The first kappa shape index (κ1) is 13.2. The number of hydrogen-bond acceptors (Lipinski definition) is 2. The molecule has 0 unspecified atom stereocenters. The van der Waals surface area contributed by atoms with Gasteiger partial charge >= 0.3 is 0 Å². The number of carbonyl (C=O) groups excluding carboxylic acids is 2. The van der Waals surface area contributed by atoms with E-state index in [0.29, 0.717) is 11.1 Å². The maximum absolute atomic E-state index is 10.5. The van der Waals surface area contributed by atoms with Crippen LogP contribution in [0.1, 0.15) is 31.8 Å². The maximum Gasteiger partial charge on any atom is 0.150 e. The molecule has 96 valence electrons. The van der Waals surface area contributed by atoms with E-state index in [1.807, 2.05) is 48.5 Å². The Kier molecular flexibility index (Phi) is 4.59. The first-order valence-electron chi connectivity index (χ1n) is 6.22. The summed E-state index contributed by atoms with van der Waals surface area (Å²) >= 11 is 0. The molecule has 0 saturated heterocycles. The summed E-state index contributed by atoms with van der Waals surface area (Å²) in [7, 11) is 0. The lowest BCUT2D eigenvalue weighted by Gasteiger charge is -2.03. The Morgan fingerprint density at radius 1 is 0.684 bits per heavy atom. The zero-order chi connectivity index (χ0) is 13.5. The zero-order valence-electron chi connectivity index (χ0n) is 10.6. The third-order valence-electron chi connectivity index (χ3n) is 2.99. The van der Waals surface area contributed by atoms with E-state index in [1.165, 1.54) is 11.1 Å². The second-order valence-electron chi connectivity index (χ2n) is 4.42. The van der Waals surface area contributed by atoms with Gasteiger partial charge in [0, 0.05) is 22.3 Å². The summed E-state index contributed by atoms with van der Waals surface area (Å²) < 4.78 is 0. The number of quaternary nitrogens is 1. The highest BCUT2D eigenvalue weighted by Crippen LogP contribution is 2.02. The molecule has 0 atom stereocenters. The second-order valence-corrected chi connectivity index (χ2v) is 4.42. The fourth-order valence-corrected chi connectivity index (χ4v) is 1.87. The van der Waals surface area contributed by atoms with Crippen molar-refractivity contribution in [3.63, 3.8) is 0 Å². The van der Waals surface area contributed by atoms with Crippen LogP contribution in [0.25, 0.3) is 0 Å². The fourth-order valence-electron chi connectivity index (χ4n) is 1.87. The van der Waals surface area contributed by atoms with Crippen molar-refractivity contribution < 1.29 is 14.9 Å². The second kappa shape index (κ2) is 6.61. The summed E-state index contributed by atoms with van der Waals surface area (Å²) in [5.74, 6) is 0. The van der Waals surface area contributed by atoms with Crippen molar-refractivity contribution >= 4 is 12.6 Å². The van der Waals surface area contributed by atoms with Gasteiger partial charge in [-0.15, -0.1) is 0 Å². The molecule has 0 saturated carbocycles. The van der Waals surface area contributed by atoms with Crippen molar-refractivity contribution in [1.82, 2.24) is 0 Å². The van der Waals surface area contributed by atoms with Crippen molar-refractivity contribution in [2.24, 2.45) is 0 Å². The number of nitrogens with two attached hydrogens (primary N) is 1. The fraction of sp³-hybridized carbons (Fsp3) is 0.125. The Morgan fingerprint density at radius 3 is 1.37 bits per heavy atom. The van der Waals surface area contributed by atoms with E-state index in [-0.39, 0.29) is 0 Å². The van der Waals surface area contributed by atoms with Gasteiger partial charge in [-0.3, -0.25) is 9.59 Å². The van der Waals surface area contributed by atoms with Gasteiger partial charge in [0.05, 0.1) is 0 Å². The Hall–Kier alpha value is -2.26. The summed E-state index contributed by atoms with van der Waals surface area (Å²) in [5, 5.41) is 2.19. The summed E-state index contributed by atoms with van der Waals surface area (Å²) in [4.78, 5) is 21.1. The van der Waals surface area contributed by atoms with E-state index < -0.39 is 0 Å². The summed E-state index contributed by atoms with van der Waals surface area (Å²) in [6.07, 6.45) is 1.70. The van der Waals surface area contributed by atoms with Crippen LogP contribution in [0.15, 0.2) is 48.5 Å². The molecule has 0 radical (unpaired) electrons. The summed E-state index contributed by atoms with van der Waals surface area (Å²) in [5.41, 5.74) is 3.78. The number of hydrogen-bond donors (Lipinski definition) is 1. The van der Waals surface area contributed by atoms with Crippen LogP contribution in [-0.2, 0) is 13.1 Å². The third-order valence-corrected chi connectivity index (χ3v) is 2.99. The SMILES string of the molecule is O=Cc1ccc(C[NH2+]Cc2ccc(C=O)cc2)cc1. The average molecular weight is 254 g/mol. The van der Waals surface area contributed by atoms with Crippen LogP contribution in [0.5, 0.6) is 0 Å². The van der Waals surface area contributed by atoms with Crippen molar-refractivity contribution in [3.8, 4) is 0 Å². The van der Waals surface area contributed by atoms with Crippen LogP contribution in [0.2, 0.25) is 0 Å². The summed E-state index contributed by atoms with van der Waals surface area (Å²) in [6.45, 7) is 1.74. The lowest BCUT2D eigenvalue weighted by atomic mass is 10.1. The molecule has 2 aromatic rings. The topological polar surface area (TPSA) is 50.8 Å². The van der Waals surface area contributed by atoms with Crippen LogP contribution in [0.4, 0.5) is 0 Å². The Morgan fingerprint density at radius 2 is 1.05 bits per heavy atom. The Bertz CT molecular complexity index is 492. The van der Waals surface area contributed by atoms with E-state index in [0.717, 1.165) is 25.7 Å². The predicted molar refractivity (Wildman–Crippen MR) is 73.0 cm³/mol. The monoisotopic (exact) mass is 254 g/mol. The average Bonchev–Trinajstić information content (AvgIpc) is 2.49. The van der Waals surface area contributed by atoms with E-state index in [4.69, 9.17) is 0 Å². The molecule has 0 heterocycles. The predicted octanol–water partition coefficient (Wildman–Crippen LogP) is 1.58. The molecule has 19 heavy (non-hydrogen) atoms. The Balaban J connectivity index is 1.84. The molecule has 0 fully saturated rings. The lowest BCUT2D eigenvalue weighted by molar-refractivity contribution is -0.686. The normalized spacial score (nSPS) is 10.1. The lowest BCUT2D eigenvalue weighted by Crippen LogP contribution is -2.80. The molecular formula is C16H16NO2+. The molecule has 3 heteroatoms. The third kappa shape index (κ3) is 3.86. The smallest absolute Gasteiger partial charge is 0.150 e. The number of aldehydes is 2. The van der Waals surface area contributed by atoms with E-state index in [1.54, 1.807) is 0 Å². The number of carbonyl (C=O) groups is 2. The minimum atomic E-state index is 0.702. The largest absolute Gasteiger partial charge is 0.339 e. The Labute approximate surface area is 112 Å². The van der Waals surface area contributed by atoms with Gasteiger partial charge in [-0.05, 0) is 0 Å². The molecule has 0 aromatic heterocycles. The zero-order valence-corrected chi connectivity index (χ0v) is 10.6. The van der Waals surface area contributed by atoms with Gasteiger partial charge in [-0.1, -0.05) is 48.5 Å². The van der Waals surface area contributed by atoms with E-state index in [2.05, 4.69) is 5.32 Å². The molecule has 2 N–H and O–H groups in total. The van der Waals surface area contributed by atoms with E-state index >= 15 is 0 Å². The highest BCUT2D eigenvalue weighted by atomic mass is 16.1. The van der Waals surface area contributed by atoms with Crippen LogP contribution in [0, 0.1) is 0 Å². The van der Waals surface area contributed by atoms with Gasteiger partial charge in [0.1, 0.15) is 25.7 Å². The maximum atomic E-state index is 10.5. The van der Waals surface area contributed by atoms with Crippen LogP contribution >= 0.6 is 0 Å². The van der Waals surface area contributed by atoms with Gasteiger partial charge in [-0.2, -0.15) is 0 Å². The molecule has 0 aliphatic carbocycles. The van der Waals surface area contributed by atoms with Gasteiger partial charge in [0.15, 0.2) is 0 Å². The summed E-state index contributed by atoms with van der Waals surface area (Å²) in [6, 6.07) is 15.2. The molecular weight excluding hydrogens is 238 g/mol. The first-order chi connectivity index (χ1) is 9.31. The highest BCUT2D eigenvalue weighted by Gasteiger charge is 1.98. The number of rotatable bonds is 6. The van der Waals surface area contributed by atoms with Crippen molar-refractivity contribution in [2.45, 2.75) is 13.1 Å². The molecule has 0 aliphatic heterocycles. The van der Waals surface area contributed by atoms with Gasteiger partial charge in [0.2, 0.25) is 0 Å². The van der Waals surface area contributed by atoms with E-state index in [9.17, 15) is 9.59 Å². The van der Waals surface area contributed by atoms with Gasteiger partial charge in [-0.25, -0.2) is 0 Å². The van der Waals surface area contributed by atoms with Crippen molar-refractivity contribution in [1.29, 1.82) is 0 Å². The first-order valence-corrected chi connectivity index (χ1v) is 6.22. The van der Waals surface area contributed by atoms with Gasteiger partial charge in [0.25, 0.3) is 0 Å². The molecule has 2 aromatic carbocycles. The van der Waals surface area contributed by atoms with Gasteiger partial charge < -0.3 is 5.32 Å². The van der Waals surface area contributed by atoms with Crippen molar-refractivity contribution in [3.05, 3.63) is 70.8 Å². The van der Waals surface area contributed by atoms with Crippen LogP contribution < -0.4 is 5.32 Å². The van der Waals surface area contributed by atoms with Crippen LogP contribution in [-0.4, -0.2) is 12.6 Å².